The molecule has 2 unspecified atom stereocenters. The van der Waals surface area contributed by atoms with Crippen molar-refractivity contribution in [1.82, 2.24) is 5.32 Å². The summed E-state index contributed by atoms with van der Waals surface area (Å²) in [6, 6.07) is 0.0984. The Kier molecular flexibility index (Phi) is 2.84. The van der Waals surface area contributed by atoms with Crippen LogP contribution in [0, 0.1) is 5.92 Å². The number of morpholine rings is 1. The number of carbonyl (C=O) groups excluding carboxylic acids is 1. The summed E-state index contributed by atoms with van der Waals surface area (Å²) in [4.78, 5) is 10.7. The van der Waals surface area contributed by atoms with Gasteiger partial charge in [0.1, 0.15) is 0 Å². The van der Waals surface area contributed by atoms with E-state index < -0.39 is 0 Å². The second kappa shape index (κ2) is 3.69. The van der Waals surface area contributed by atoms with Crippen molar-refractivity contribution in [3.63, 3.8) is 0 Å². The van der Waals surface area contributed by atoms with Crippen molar-refractivity contribution in [1.29, 1.82) is 0 Å². The number of amides is 1. The Labute approximate surface area is 66.1 Å². The molecule has 1 saturated heterocycles. The number of nitrogens with one attached hydrogen (secondary N) is 1. The normalized spacial score (nSPS) is 27.9. The first-order valence-corrected chi connectivity index (χ1v) is 3.82. The molecule has 0 saturated carbocycles. The summed E-state index contributed by atoms with van der Waals surface area (Å²) < 4.78 is 5.18. The maximum atomic E-state index is 10.7. The second-order valence-electron chi connectivity index (χ2n) is 2.83. The minimum absolute atomic E-state index is 0.0984. The molecule has 2 atom stereocenters. The maximum absolute atomic E-state index is 10.7. The first-order valence-electron chi connectivity index (χ1n) is 3.82. The fraction of sp³-hybridized carbons (Fsp3) is 0.857. The van der Waals surface area contributed by atoms with Gasteiger partial charge in [-0.15, -0.1) is 0 Å². The number of nitrogens with two attached hydrogens (primary N) is 1. The Morgan fingerprint density at radius 2 is 2.55 bits per heavy atom. The molecule has 1 fully saturated rings. The van der Waals surface area contributed by atoms with Crippen molar-refractivity contribution in [3.05, 3.63) is 0 Å². The van der Waals surface area contributed by atoms with Gasteiger partial charge in [0.25, 0.3) is 0 Å². The van der Waals surface area contributed by atoms with Gasteiger partial charge < -0.3 is 15.8 Å². The number of hydrogen-bond acceptors (Lipinski definition) is 3. The van der Waals surface area contributed by atoms with Crippen LogP contribution in [0.5, 0.6) is 0 Å². The van der Waals surface area contributed by atoms with Crippen molar-refractivity contribution in [2.75, 3.05) is 19.8 Å². The highest BCUT2D eigenvalue weighted by atomic mass is 16.5. The lowest BCUT2D eigenvalue weighted by molar-refractivity contribution is -0.123. The minimum atomic E-state index is -0.270. The fourth-order valence-electron chi connectivity index (χ4n) is 1.11. The van der Waals surface area contributed by atoms with Crippen LogP contribution in [0.1, 0.15) is 6.92 Å². The number of rotatable bonds is 2. The molecule has 1 heterocycles. The third-order valence-electron chi connectivity index (χ3n) is 2.00. The van der Waals surface area contributed by atoms with E-state index in [0.717, 1.165) is 13.2 Å². The van der Waals surface area contributed by atoms with Gasteiger partial charge in [0.15, 0.2) is 0 Å². The molecule has 1 rings (SSSR count). The molecule has 0 aromatic heterocycles. The predicted molar refractivity (Wildman–Crippen MR) is 41.0 cm³/mol. The molecule has 0 aromatic rings. The molecular weight excluding hydrogens is 144 g/mol. The van der Waals surface area contributed by atoms with Crippen LogP contribution in [-0.4, -0.2) is 31.7 Å². The van der Waals surface area contributed by atoms with Crippen LogP contribution >= 0.6 is 0 Å². The zero-order valence-electron chi connectivity index (χ0n) is 6.67. The van der Waals surface area contributed by atoms with Crippen LogP contribution in [-0.2, 0) is 9.53 Å². The monoisotopic (exact) mass is 158 g/mol. The van der Waals surface area contributed by atoms with Gasteiger partial charge in [-0.2, -0.15) is 0 Å². The SMILES string of the molecule is CC(C(N)=O)C1COCCN1. The molecule has 0 aromatic carbocycles. The van der Waals surface area contributed by atoms with E-state index in [9.17, 15) is 4.79 Å². The lowest BCUT2D eigenvalue weighted by Gasteiger charge is -2.27. The molecule has 1 aliphatic rings. The van der Waals surface area contributed by atoms with E-state index in [2.05, 4.69) is 5.32 Å². The van der Waals surface area contributed by atoms with Crippen molar-refractivity contribution < 1.29 is 9.53 Å². The van der Waals surface area contributed by atoms with Crippen molar-refractivity contribution in [3.8, 4) is 0 Å². The first-order chi connectivity index (χ1) is 5.22. The summed E-state index contributed by atoms with van der Waals surface area (Å²) in [5.74, 6) is -0.414. The van der Waals surface area contributed by atoms with Gasteiger partial charge in [-0.05, 0) is 0 Å². The van der Waals surface area contributed by atoms with Crippen LogP contribution < -0.4 is 11.1 Å². The van der Waals surface area contributed by atoms with E-state index in [1.807, 2.05) is 6.92 Å². The standard InChI is InChI=1S/C7H14N2O2/c1-5(7(8)10)6-4-11-3-2-9-6/h5-6,9H,2-4H2,1H3,(H2,8,10). The van der Waals surface area contributed by atoms with Gasteiger partial charge in [0, 0.05) is 12.6 Å². The van der Waals surface area contributed by atoms with Crippen LogP contribution in [0.3, 0.4) is 0 Å². The fourth-order valence-corrected chi connectivity index (χ4v) is 1.11. The summed E-state index contributed by atoms with van der Waals surface area (Å²) in [5, 5.41) is 3.17. The summed E-state index contributed by atoms with van der Waals surface area (Å²) in [5.41, 5.74) is 5.13. The highest BCUT2D eigenvalue weighted by Gasteiger charge is 2.23. The predicted octanol–water partition coefficient (Wildman–Crippen LogP) is -0.904. The molecule has 1 amide bonds. The highest BCUT2D eigenvalue weighted by molar-refractivity contribution is 5.77. The molecule has 64 valence electrons. The van der Waals surface area contributed by atoms with Gasteiger partial charge in [0.05, 0.1) is 19.1 Å². The Morgan fingerprint density at radius 3 is 3.00 bits per heavy atom. The largest absolute Gasteiger partial charge is 0.378 e. The number of hydrogen-bond donors (Lipinski definition) is 2. The maximum Gasteiger partial charge on any atom is 0.221 e. The zero-order chi connectivity index (χ0) is 8.27. The van der Waals surface area contributed by atoms with Crippen molar-refractivity contribution in [2.24, 2.45) is 11.7 Å². The summed E-state index contributed by atoms with van der Waals surface area (Å²) in [7, 11) is 0. The third-order valence-corrected chi connectivity index (χ3v) is 2.00. The molecule has 0 bridgehead atoms. The summed E-state index contributed by atoms with van der Waals surface area (Å²) >= 11 is 0. The number of ether oxygens (including phenoxy) is 1. The van der Waals surface area contributed by atoms with Crippen LogP contribution in [0.25, 0.3) is 0 Å². The Morgan fingerprint density at radius 1 is 1.82 bits per heavy atom. The second-order valence-corrected chi connectivity index (χ2v) is 2.83. The average Bonchev–Trinajstić information content (AvgIpc) is 2.05. The molecular formula is C7H14N2O2. The lowest BCUT2D eigenvalue weighted by atomic mass is 10.0. The highest BCUT2D eigenvalue weighted by Crippen LogP contribution is 2.05. The van der Waals surface area contributed by atoms with Crippen LogP contribution in [0.2, 0.25) is 0 Å². The Bertz CT molecular complexity index is 143. The minimum Gasteiger partial charge on any atom is -0.378 e. The zero-order valence-corrected chi connectivity index (χ0v) is 6.67. The number of primary amides is 1. The van der Waals surface area contributed by atoms with Gasteiger partial charge >= 0.3 is 0 Å². The van der Waals surface area contributed by atoms with Crippen LogP contribution in [0.15, 0.2) is 0 Å². The van der Waals surface area contributed by atoms with E-state index in [1.54, 1.807) is 0 Å². The molecule has 0 aliphatic carbocycles. The van der Waals surface area contributed by atoms with Crippen molar-refractivity contribution >= 4 is 5.91 Å². The topological polar surface area (TPSA) is 64.4 Å². The molecule has 1 aliphatic heterocycles. The Balaban J connectivity index is 2.38. The third kappa shape index (κ3) is 2.17. The average molecular weight is 158 g/mol. The lowest BCUT2D eigenvalue weighted by Crippen LogP contribution is -2.48. The molecule has 0 radical (unpaired) electrons. The van der Waals surface area contributed by atoms with Gasteiger partial charge in [-0.25, -0.2) is 0 Å². The van der Waals surface area contributed by atoms with Crippen LogP contribution in [0.4, 0.5) is 0 Å². The molecule has 4 nitrogen and oxygen atoms in total. The smallest absolute Gasteiger partial charge is 0.221 e. The number of carbonyl (C=O) groups is 1. The summed E-state index contributed by atoms with van der Waals surface area (Å²) in [6.07, 6.45) is 0. The molecule has 4 heteroatoms. The summed E-state index contributed by atoms with van der Waals surface area (Å²) in [6.45, 7) is 3.93. The first kappa shape index (κ1) is 8.49. The van der Waals surface area contributed by atoms with Gasteiger partial charge in [-0.1, -0.05) is 6.92 Å². The van der Waals surface area contributed by atoms with E-state index >= 15 is 0 Å². The quantitative estimate of drug-likeness (QED) is 0.547. The van der Waals surface area contributed by atoms with E-state index in [1.165, 1.54) is 0 Å². The molecule has 11 heavy (non-hydrogen) atoms. The van der Waals surface area contributed by atoms with E-state index in [-0.39, 0.29) is 17.9 Å². The van der Waals surface area contributed by atoms with E-state index in [0.29, 0.717) is 6.61 Å². The molecule has 3 N–H and O–H groups in total. The van der Waals surface area contributed by atoms with Gasteiger partial charge in [0.2, 0.25) is 5.91 Å². The van der Waals surface area contributed by atoms with E-state index in [4.69, 9.17) is 10.5 Å². The van der Waals surface area contributed by atoms with Gasteiger partial charge in [-0.3, -0.25) is 4.79 Å². The molecule has 0 spiro atoms. The Hall–Kier alpha value is -0.610. The van der Waals surface area contributed by atoms with Crippen molar-refractivity contribution in [2.45, 2.75) is 13.0 Å².